The van der Waals surface area contributed by atoms with Crippen molar-refractivity contribution in [2.45, 2.75) is 24.8 Å². The third kappa shape index (κ3) is 3.50. The van der Waals surface area contributed by atoms with Gasteiger partial charge in [0.05, 0.1) is 5.39 Å². The summed E-state index contributed by atoms with van der Waals surface area (Å²) < 4.78 is 0. The third-order valence-corrected chi connectivity index (χ3v) is 6.32. The van der Waals surface area contributed by atoms with Gasteiger partial charge in [-0.05, 0) is 30.5 Å². The zero-order valence-corrected chi connectivity index (χ0v) is 16.9. The molecule has 2 aromatic heterocycles. The first kappa shape index (κ1) is 17.5. The van der Waals surface area contributed by atoms with Gasteiger partial charge in [0, 0.05) is 16.7 Å². The molecule has 2 heterocycles. The second kappa shape index (κ2) is 7.39. The zero-order chi connectivity index (χ0) is 18.1. The highest BCUT2D eigenvalue weighted by Crippen LogP contribution is 2.39. The van der Waals surface area contributed by atoms with Crippen molar-refractivity contribution in [1.29, 1.82) is 0 Å². The minimum absolute atomic E-state index is 0.529. The molecule has 0 saturated carbocycles. The van der Waals surface area contributed by atoms with Gasteiger partial charge in [0.15, 0.2) is 5.16 Å². The fourth-order valence-electron chi connectivity index (χ4n) is 2.98. The van der Waals surface area contributed by atoms with Crippen molar-refractivity contribution in [2.24, 2.45) is 0 Å². The smallest absolute Gasteiger partial charge is 0.190 e. The molecule has 0 atom stereocenters. The quantitative estimate of drug-likeness (QED) is 0.212. The molecule has 2 nitrogen and oxygen atoms in total. The van der Waals surface area contributed by atoms with Gasteiger partial charge in [0.25, 0.3) is 0 Å². The maximum atomic E-state index is 6.57. The van der Waals surface area contributed by atoms with Gasteiger partial charge in [-0.15, -0.1) is 11.3 Å². The van der Waals surface area contributed by atoms with Gasteiger partial charge in [-0.3, -0.25) is 0 Å². The highest BCUT2D eigenvalue weighted by molar-refractivity contribution is 7.98. The van der Waals surface area contributed by atoms with E-state index in [1.54, 1.807) is 23.1 Å². The topological polar surface area (TPSA) is 25.8 Å². The number of rotatable bonds is 4. The lowest BCUT2D eigenvalue weighted by atomic mass is 9.99. The van der Waals surface area contributed by atoms with Crippen molar-refractivity contribution in [2.75, 3.05) is 0 Å². The number of thioether (sulfide) groups is 1. The standard InChI is InChI=1S/C21H17ClN2S2/c1-13-8-9-16(14(2)10-13)17-12-25-20-18(17)19(22)23-21(24-20)26-11-15-6-4-3-5-7-15/h3-10,12H,11H2,1-2H3. The van der Waals surface area contributed by atoms with E-state index in [1.165, 1.54) is 22.3 Å². The minimum atomic E-state index is 0.529. The fourth-order valence-corrected chi connectivity index (χ4v) is 5.15. The summed E-state index contributed by atoms with van der Waals surface area (Å²) in [6, 6.07) is 16.8. The first-order valence-corrected chi connectivity index (χ1v) is 10.6. The molecule has 2 aromatic carbocycles. The van der Waals surface area contributed by atoms with E-state index in [-0.39, 0.29) is 0 Å². The number of aryl methyl sites for hydroxylation is 2. The Kier molecular flexibility index (Phi) is 4.98. The Labute approximate surface area is 166 Å². The molecule has 0 saturated heterocycles. The third-order valence-electron chi connectivity index (χ3n) is 4.25. The monoisotopic (exact) mass is 396 g/mol. The van der Waals surface area contributed by atoms with E-state index in [1.807, 2.05) is 18.2 Å². The second-order valence-electron chi connectivity index (χ2n) is 6.22. The number of nitrogens with zero attached hydrogens (tertiary/aromatic N) is 2. The van der Waals surface area contributed by atoms with Gasteiger partial charge >= 0.3 is 0 Å². The lowest BCUT2D eigenvalue weighted by Crippen LogP contribution is -1.90. The molecular weight excluding hydrogens is 380 g/mol. The molecular formula is C21H17ClN2S2. The van der Waals surface area contributed by atoms with Crippen LogP contribution in [-0.4, -0.2) is 9.97 Å². The summed E-state index contributed by atoms with van der Waals surface area (Å²) in [5, 5.41) is 4.34. The number of hydrogen-bond donors (Lipinski definition) is 0. The Balaban J connectivity index is 1.69. The number of halogens is 1. The Morgan fingerprint density at radius 3 is 2.58 bits per heavy atom. The molecule has 0 radical (unpaired) electrons. The molecule has 0 fully saturated rings. The SMILES string of the molecule is Cc1ccc(-c2csc3nc(SCc4ccccc4)nc(Cl)c23)c(C)c1. The van der Waals surface area contributed by atoms with E-state index in [0.717, 1.165) is 26.7 Å². The predicted molar refractivity (Wildman–Crippen MR) is 113 cm³/mol. The normalized spacial score (nSPS) is 11.2. The van der Waals surface area contributed by atoms with Gasteiger partial charge in [-0.25, -0.2) is 9.97 Å². The Hall–Kier alpha value is -1.88. The zero-order valence-electron chi connectivity index (χ0n) is 14.5. The van der Waals surface area contributed by atoms with Crippen molar-refractivity contribution in [3.05, 3.63) is 75.8 Å². The van der Waals surface area contributed by atoms with E-state index in [2.05, 4.69) is 54.5 Å². The summed E-state index contributed by atoms with van der Waals surface area (Å²) >= 11 is 9.80. The first-order valence-electron chi connectivity index (χ1n) is 8.31. The Morgan fingerprint density at radius 1 is 1.00 bits per heavy atom. The molecule has 0 aliphatic rings. The average Bonchev–Trinajstić information content (AvgIpc) is 3.05. The highest BCUT2D eigenvalue weighted by Gasteiger charge is 2.15. The first-order chi connectivity index (χ1) is 12.6. The highest BCUT2D eigenvalue weighted by atomic mass is 35.5. The molecule has 130 valence electrons. The van der Waals surface area contributed by atoms with Crippen molar-refractivity contribution >= 4 is 44.9 Å². The molecule has 0 amide bonds. The molecule has 0 bridgehead atoms. The van der Waals surface area contributed by atoms with Crippen molar-refractivity contribution in [3.8, 4) is 11.1 Å². The maximum absolute atomic E-state index is 6.57. The van der Waals surface area contributed by atoms with Gasteiger partial charge < -0.3 is 0 Å². The van der Waals surface area contributed by atoms with Gasteiger partial charge in [-0.2, -0.15) is 0 Å². The summed E-state index contributed by atoms with van der Waals surface area (Å²) in [4.78, 5) is 10.2. The van der Waals surface area contributed by atoms with Crippen LogP contribution < -0.4 is 0 Å². The molecule has 0 spiro atoms. The van der Waals surface area contributed by atoms with Gasteiger partial charge in [0.1, 0.15) is 9.98 Å². The second-order valence-corrected chi connectivity index (χ2v) is 8.38. The largest absolute Gasteiger partial charge is 0.211 e. The summed E-state index contributed by atoms with van der Waals surface area (Å²) in [6.45, 7) is 4.24. The van der Waals surface area contributed by atoms with E-state index < -0.39 is 0 Å². The average molecular weight is 397 g/mol. The molecule has 0 aliphatic heterocycles. The summed E-state index contributed by atoms with van der Waals surface area (Å²) in [5.41, 5.74) is 6.06. The lowest BCUT2D eigenvalue weighted by Gasteiger charge is -2.07. The molecule has 4 aromatic rings. The van der Waals surface area contributed by atoms with Crippen LogP contribution >= 0.6 is 34.7 Å². The van der Waals surface area contributed by atoms with Crippen LogP contribution in [0.3, 0.4) is 0 Å². The molecule has 0 aliphatic carbocycles. The summed E-state index contributed by atoms with van der Waals surface area (Å²) in [5.74, 6) is 0.831. The maximum Gasteiger partial charge on any atom is 0.190 e. The summed E-state index contributed by atoms with van der Waals surface area (Å²) in [6.07, 6.45) is 0. The van der Waals surface area contributed by atoms with Crippen LogP contribution in [0.15, 0.2) is 59.1 Å². The Bertz CT molecular complexity index is 1070. The van der Waals surface area contributed by atoms with Crippen LogP contribution in [0.1, 0.15) is 16.7 Å². The van der Waals surface area contributed by atoms with Crippen molar-refractivity contribution in [1.82, 2.24) is 9.97 Å². The fraction of sp³-hybridized carbons (Fsp3) is 0.143. The number of fused-ring (bicyclic) bond motifs is 1. The number of aromatic nitrogens is 2. The van der Waals surface area contributed by atoms with Crippen LogP contribution in [0.2, 0.25) is 5.15 Å². The number of thiophene rings is 1. The van der Waals surface area contributed by atoms with E-state index in [0.29, 0.717) is 5.15 Å². The summed E-state index contributed by atoms with van der Waals surface area (Å²) in [7, 11) is 0. The van der Waals surface area contributed by atoms with E-state index in [4.69, 9.17) is 16.6 Å². The Morgan fingerprint density at radius 2 is 1.81 bits per heavy atom. The van der Waals surface area contributed by atoms with Crippen LogP contribution in [0, 0.1) is 13.8 Å². The molecule has 0 N–H and O–H groups in total. The molecule has 5 heteroatoms. The van der Waals surface area contributed by atoms with Crippen LogP contribution in [0.5, 0.6) is 0 Å². The number of hydrogen-bond acceptors (Lipinski definition) is 4. The van der Waals surface area contributed by atoms with Crippen LogP contribution in [-0.2, 0) is 5.75 Å². The molecule has 4 rings (SSSR count). The van der Waals surface area contributed by atoms with Crippen LogP contribution in [0.4, 0.5) is 0 Å². The van der Waals surface area contributed by atoms with E-state index in [9.17, 15) is 0 Å². The van der Waals surface area contributed by atoms with Crippen molar-refractivity contribution in [3.63, 3.8) is 0 Å². The van der Waals surface area contributed by atoms with E-state index >= 15 is 0 Å². The number of benzene rings is 2. The van der Waals surface area contributed by atoms with Crippen molar-refractivity contribution < 1.29 is 0 Å². The van der Waals surface area contributed by atoms with Gasteiger partial charge in [-0.1, -0.05) is 77.5 Å². The lowest BCUT2D eigenvalue weighted by molar-refractivity contribution is 1.01. The molecule has 26 heavy (non-hydrogen) atoms. The minimum Gasteiger partial charge on any atom is -0.211 e. The van der Waals surface area contributed by atoms with Gasteiger partial charge in [0.2, 0.25) is 0 Å². The predicted octanol–water partition coefficient (Wildman–Crippen LogP) is 6.92. The van der Waals surface area contributed by atoms with Crippen LogP contribution in [0.25, 0.3) is 21.3 Å². The molecule has 0 unspecified atom stereocenters.